The second-order valence-electron chi connectivity index (χ2n) is 4.42. The molecule has 0 bridgehead atoms. The van der Waals surface area contributed by atoms with Crippen molar-refractivity contribution < 1.29 is 0 Å². The van der Waals surface area contributed by atoms with Gasteiger partial charge < -0.3 is 0 Å². The zero-order chi connectivity index (χ0) is 14.4. The minimum absolute atomic E-state index is 0.220. The normalized spacial score (nSPS) is 11.7. The molecule has 104 valence electrons. The van der Waals surface area contributed by atoms with Crippen molar-refractivity contribution in [2.24, 2.45) is 0 Å². The van der Waals surface area contributed by atoms with Gasteiger partial charge >= 0.3 is 0 Å². The standard InChI is InChI=1S/C12H10N2O4S2/c1-2-3-4-14-11(17)7-8(12(14)18)20-6-5(19-7)9(15)13-10(6)16/h2-4H2,1H3,(H,13,15,16). The minimum atomic E-state index is -0.499. The lowest BCUT2D eigenvalue weighted by Gasteiger charge is -1.95. The molecule has 0 spiro atoms. The molecule has 0 aliphatic heterocycles. The summed E-state index contributed by atoms with van der Waals surface area (Å²) in [5.74, 6) is 0. The van der Waals surface area contributed by atoms with Crippen LogP contribution in [0.1, 0.15) is 19.8 Å². The summed E-state index contributed by atoms with van der Waals surface area (Å²) < 4.78 is 2.16. The first-order valence-corrected chi connectivity index (χ1v) is 7.74. The van der Waals surface area contributed by atoms with E-state index in [4.69, 9.17) is 0 Å². The van der Waals surface area contributed by atoms with Crippen LogP contribution in [0.4, 0.5) is 0 Å². The molecule has 0 atom stereocenters. The molecule has 3 aromatic heterocycles. The fraction of sp³-hybridized carbons (Fsp3) is 0.333. The summed E-state index contributed by atoms with van der Waals surface area (Å²) in [5.41, 5.74) is -1.73. The molecule has 0 aliphatic carbocycles. The van der Waals surface area contributed by atoms with E-state index in [9.17, 15) is 19.2 Å². The average molecular weight is 310 g/mol. The molecule has 0 radical (unpaired) electrons. The molecule has 0 saturated heterocycles. The smallest absolute Gasteiger partial charge is 0.272 e. The Labute approximate surface area is 119 Å². The number of fused-ring (bicyclic) bond motifs is 2. The van der Waals surface area contributed by atoms with Gasteiger partial charge in [-0.1, -0.05) is 13.3 Å². The van der Waals surface area contributed by atoms with Crippen LogP contribution in [0, 0.1) is 0 Å². The lowest BCUT2D eigenvalue weighted by molar-refractivity contribution is 0.610. The van der Waals surface area contributed by atoms with Crippen LogP contribution in [0.25, 0.3) is 18.8 Å². The summed E-state index contributed by atoms with van der Waals surface area (Å²) in [6, 6.07) is 0. The van der Waals surface area contributed by atoms with Gasteiger partial charge in [0.1, 0.15) is 18.8 Å². The van der Waals surface area contributed by atoms with Crippen LogP contribution in [0.3, 0.4) is 0 Å². The minimum Gasteiger partial charge on any atom is -0.287 e. The highest BCUT2D eigenvalue weighted by Gasteiger charge is 2.18. The van der Waals surface area contributed by atoms with E-state index in [1.807, 2.05) is 6.92 Å². The number of rotatable bonds is 3. The van der Waals surface area contributed by atoms with Gasteiger partial charge in [0.05, 0.1) is 0 Å². The topological polar surface area (TPSA) is 89.0 Å². The molecule has 8 heteroatoms. The number of unbranched alkanes of at least 4 members (excludes halogenated alkanes) is 1. The summed E-state index contributed by atoms with van der Waals surface area (Å²) >= 11 is 1.85. The Hall–Kier alpha value is -1.80. The molecule has 1 N–H and O–H groups in total. The van der Waals surface area contributed by atoms with Gasteiger partial charge in [0.2, 0.25) is 0 Å². The molecular formula is C12H10N2O4S2. The summed E-state index contributed by atoms with van der Waals surface area (Å²) in [4.78, 5) is 49.8. The van der Waals surface area contributed by atoms with Crippen molar-refractivity contribution >= 4 is 41.5 Å². The van der Waals surface area contributed by atoms with Crippen molar-refractivity contribution in [3.05, 3.63) is 41.4 Å². The lowest BCUT2D eigenvalue weighted by Crippen LogP contribution is -2.25. The molecule has 0 aliphatic rings. The first kappa shape index (κ1) is 13.2. The Morgan fingerprint density at radius 3 is 1.85 bits per heavy atom. The number of aromatic nitrogens is 2. The van der Waals surface area contributed by atoms with E-state index in [1.165, 1.54) is 4.57 Å². The number of aromatic amines is 1. The van der Waals surface area contributed by atoms with Crippen molar-refractivity contribution in [3.8, 4) is 0 Å². The maximum atomic E-state index is 12.2. The third-order valence-electron chi connectivity index (χ3n) is 3.07. The fourth-order valence-electron chi connectivity index (χ4n) is 2.04. The van der Waals surface area contributed by atoms with Gasteiger partial charge in [-0.3, -0.25) is 28.7 Å². The second-order valence-corrected chi connectivity index (χ2v) is 6.46. The third kappa shape index (κ3) is 1.75. The fourth-order valence-corrected chi connectivity index (χ4v) is 4.36. The van der Waals surface area contributed by atoms with Crippen LogP contribution in [-0.2, 0) is 6.54 Å². The second kappa shape index (κ2) is 4.64. The summed E-state index contributed by atoms with van der Waals surface area (Å²) in [7, 11) is 0. The molecule has 3 rings (SSSR count). The Morgan fingerprint density at radius 2 is 1.40 bits per heavy atom. The molecule has 3 aromatic rings. The Morgan fingerprint density at radius 1 is 0.900 bits per heavy atom. The third-order valence-corrected chi connectivity index (χ3v) is 5.69. The Kier molecular flexibility index (Phi) is 3.06. The zero-order valence-corrected chi connectivity index (χ0v) is 12.2. The van der Waals surface area contributed by atoms with Crippen molar-refractivity contribution in [2.75, 3.05) is 0 Å². The first-order valence-electron chi connectivity index (χ1n) is 6.10. The van der Waals surface area contributed by atoms with Crippen molar-refractivity contribution in [3.63, 3.8) is 0 Å². The van der Waals surface area contributed by atoms with Gasteiger partial charge in [0.25, 0.3) is 22.2 Å². The first-order chi connectivity index (χ1) is 9.54. The van der Waals surface area contributed by atoms with Gasteiger partial charge in [-0.2, -0.15) is 0 Å². The highest BCUT2D eigenvalue weighted by Crippen LogP contribution is 2.25. The molecule has 0 unspecified atom stereocenters. The van der Waals surface area contributed by atoms with E-state index in [0.717, 1.165) is 35.5 Å². The van der Waals surface area contributed by atoms with Crippen molar-refractivity contribution in [1.82, 2.24) is 9.55 Å². The molecule has 0 saturated carbocycles. The molecule has 0 aromatic carbocycles. The molecule has 3 heterocycles. The van der Waals surface area contributed by atoms with E-state index in [2.05, 4.69) is 4.98 Å². The van der Waals surface area contributed by atoms with E-state index in [0.29, 0.717) is 6.54 Å². The molecule has 0 fully saturated rings. The largest absolute Gasteiger partial charge is 0.287 e. The maximum absolute atomic E-state index is 12.2. The Bertz CT molecular complexity index is 948. The van der Waals surface area contributed by atoms with E-state index in [1.54, 1.807) is 0 Å². The number of nitrogens with zero attached hydrogens (tertiary/aromatic N) is 1. The van der Waals surface area contributed by atoms with Crippen LogP contribution in [0.2, 0.25) is 0 Å². The predicted octanol–water partition coefficient (Wildman–Crippen LogP) is 0.924. The number of hydrogen-bond acceptors (Lipinski definition) is 6. The van der Waals surface area contributed by atoms with Gasteiger partial charge in [0.15, 0.2) is 0 Å². The monoisotopic (exact) mass is 310 g/mol. The summed E-state index contributed by atoms with van der Waals surface area (Å²) in [6.45, 7) is 2.34. The van der Waals surface area contributed by atoms with Gasteiger partial charge in [-0.25, -0.2) is 0 Å². The van der Waals surface area contributed by atoms with Crippen molar-refractivity contribution in [2.45, 2.75) is 26.3 Å². The SMILES string of the molecule is CCCCn1c(=O)c2sc3c(=O)[nH]c(=O)c3sc2c1=O. The van der Waals surface area contributed by atoms with Crippen molar-refractivity contribution in [1.29, 1.82) is 0 Å². The molecular weight excluding hydrogens is 300 g/mol. The quantitative estimate of drug-likeness (QED) is 0.779. The van der Waals surface area contributed by atoms with Crippen LogP contribution >= 0.6 is 22.7 Å². The van der Waals surface area contributed by atoms with Crippen LogP contribution < -0.4 is 22.2 Å². The molecule has 0 amide bonds. The highest BCUT2D eigenvalue weighted by atomic mass is 32.1. The maximum Gasteiger partial charge on any atom is 0.272 e. The summed E-state index contributed by atoms with van der Waals surface area (Å²) in [6.07, 6.45) is 1.61. The van der Waals surface area contributed by atoms with E-state index < -0.39 is 11.1 Å². The van der Waals surface area contributed by atoms with Crippen LogP contribution in [0.15, 0.2) is 19.2 Å². The predicted molar refractivity (Wildman–Crippen MR) is 80.7 cm³/mol. The summed E-state index contributed by atoms with van der Waals surface area (Å²) in [5, 5.41) is 0. The zero-order valence-electron chi connectivity index (χ0n) is 10.5. The number of hydrogen-bond donors (Lipinski definition) is 1. The highest BCUT2D eigenvalue weighted by molar-refractivity contribution is 7.36. The Balaban J connectivity index is 2.44. The van der Waals surface area contributed by atoms with E-state index >= 15 is 0 Å². The van der Waals surface area contributed by atoms with Gasteiger partial charge in [-0.15, -0.1) is 22.7 Å². The lowest BCUT2D eigenvalue weighted by atomic mass is 10.3. The number of nitrogens with one attached hydrogen (secondary N) is 1. The number of H-pyrrole nitrogens is 1. The van der Waals surface area contributed by atoms with Gasteiger partial charge in [0, 0.05) is 6.54 Å². The van der Waals surface area contributed by atoms with E-state index in [-0.39, 0.29) is 29.9 Å². The molecule has 20 heavy (non-hydrogen) atoms. The van der Waals surface area contributed by atoms with Crippen LogP contribution in [-0.4, -0.2) is 9.55 Å². The van der Waals surface area contributed by atoms with Gasteiger partial charge in [-0.05, 0) is 6.42 Å². The molecule has 6 nitrogen and oxygen atoms in total. The van der Waals surface area contributed by atoms with Crippen LogP contribution in [0.5, 0.6) is 0 Å². The average Bonchev–Trinajstić information content (AvgIpc) is 2.83.